The number of aryl methyl sites for hydroxylation is 1. The molecule has 2 aromatic rings. The van der Waals surface area contributed by atoms with Gasteiger partial charge in [-0.3, -0.25) is 9.48 Å². The molecular weight excluding hydrogens is 532 g/mol. The summed E-state index contributed by atoms with van der Waals surface area (Å²) in [6.07, 6.45) is 4.35. The second-order valence-corrected chi connectivity index (χ2v) is 14.2. The first kappa shape index (κ1) is 27.7. The summed E-state index contributed by atoms with van der Waals surface area (Å²) in [5, 5.41) is 17.6. The predicted octanol–water partition coefficient (Wildman–Crippen LogP) is 4.88. The van der Waals surface area contributed by atoms with Gasteiger partial charge in [-0.05, 0) is 67.1 Å². The second kappa shape index (κ2) is 8.74. The van der Waals surface area contributed by atoms with E-state index in [4.69, 9.17) is 14.2 Å². The highest BCUT2D eigenvalue weighted by Crippen LogP contribution is 2.72. The first-order chi connectivity index (χ1) is 19.7. The highest BCUT2D eigenvalue weighted by molar-refractivity contribution is 5.97. The highest BCUT2D eigenvalue weighted by atomic mass is 16.7. The van der Waals surface area contributed by atoms with Crippen LogP contribution in [-0.2, 0) is 26.1 Å². The number of carbonyl (C=O) groups excluding carboxylic acids is 2. The zero-order chi connectivity index (χ0) is 30.0. The number of ketones is 1. The van der Waals surface area contributed by atoms with Crippen LogP contribution in [0.4, 0.5) is 0 Å². The van der Waals surface area contributed by atoms with Crippen LogP contribution in [0, 0.1) is 34.5 Å². The molecule has 3 fully saturated rings. The minimum absolute atomic E-state index is 0.0118. The maximum atomic E-state index is 14.9. The van der Waals surface area contributed by atoms with Gasteiger partial charge in [-0.1, -0.05) is 63.3 Å². The van der Waals surface area contributed by atoms with Crippen molar-refractivity contribution in [2.45, 2.75) is 71.6 Å². The molecule has 2 unspecified atom stereocenters. The quantitative estimate of drug-likeness (QED) is 0.413. The van der Waals surface area contributed by atoms with Crippen LogP contribution < -0.4 is 0 Å². The first-order valence-electron chi connectivity index (χ1n) is 15.0. The van der Waals surface area contributed by atoms with Crippen LogP contribution in [0.25, 0.3) is 11.1 Å². The molecule has 4 aliphatic carbocycles. The number of benzene rings is 1. The van der Waals surface area contributed by atoms with Gasteiger partial charge in [0.15, 0.2) is 29.0 Å². The van der Waals surface area contributed by atoms with E-state index >= 15 is 0 Å². The zero-order valence-corrected chi connectivity index (χ0v) is 25.4. The van der Waals surface area contributed by atoms with Crippen LogP contribution in [0.3, 0.4) is 0 Å². The van der Waals surface area contributed by atoms with Crippen LogP contribution in [0.15, 0.2) is 59.8 Å². The fourth-order valence-corrected chi connectivity index (χ4v) is 8.97. The van der Waals surface area contributed by atoms with Crippen molar-refractivity contribution in [1.82, 2.24) is 9.78 Å². The van der Waals surface area contributed by atoms with Gasteiger partial charge in [0.25, 0.3) is 0 Å². The number of ether oxygens (including phenoxy) is 3. The maximum Gasteiger partial charge on any atom is 0.357 e. The first-order valence-corrected chi connectivity index (χ1v) is 15.0. The van der Waals surface area contributed by atoms with E-state index in [-0.39, 0.29) is 41.3 Å². The van der Waals surface area contributed by atoms with Gasteiger partial charge in [-0.25, -0.2) is 4.79 Å². The number of Topliss-reactive ketones (excluding diaryl/α,β-unsaturated/α-hetero) is 1. The minimum atomic E-state index is -1.86. The topological polar surface area (TPSA) is 99.9 Å². The van der Waals surface area contributed by atoms with Gasteiger partial charge in [0, 0.05) is 18.5 Å². The van der Waals surface area contributed by atoms with Crippen molar-refractivity contribution in [2.24, 2.45) is 41.5 Å². The Bertz CT molecular complexity index is 1550. The molecule has 8 heteroatoms. The molecule has 2 saturated carbocycles. The largest absolute Gasteiger partial charge is 0.450 e. The van der Waals surface area contributed by atoms with E-state index in [1.165, 1.54) is 4.68 Å². The molecule has 5 aliphatic rings. The number of aliphatic hydroxyl groups is 1. The lowest BCUT2D eigenvalue weighted by molar-refractivity contribution is -0.302. The molecule has 7 rings (SSSR count). The molecule has 1 saturated heterocycles. The number of aromatic nitrogens is 2. The smallest absolute Gasteiger partial charge is 0.357 e. The molecule has 1 aromatic carbocycles. The standard InChI is InChI=1S/C34H40N2O6/c1-18-15-33-19(2)13-24-25(31(24,3)4)22(27(33)37)14-21-17-40-32(5,6)42-29(21)34(33,39)28(18)41-30(38)26-23(16-35-36(26)7)20-11-9-8-10-12-20/h8-12,14-16,19,22,24-25,28-29,39H,13,17H2,1-7H3/t19?,22-,24+,25-,28-,29+,33?,34+/m0/s1. The van der Waals surface area contributed by atoms with E-state index < -0.39 is 35.0 Å². The van der Waals surface area contributed by atoms with Crippen LogP contribution >= 0.6 is 0 Å². The minimum Gasteiger partial charge on any atom is -0.450 e. The van der Waals surface area contributed by atoms with Crippen LogP contribution in [-0.4, -0.2) is 56.8 Å². The van der Waals surface area contributed by atoms with Crippen LogP contribution in [0.2, 0.25) is 0 Å². The summed E-state index contributed by atoms with van der Waals surface area (Å²) >= 11 is 0. The number of esters is 1. The van der Waals surface area contributed by atoms with Crippen LogP contribution in [0.5, 0.6) is 0 Å². The molecule has 1 aliphatic heterocycles. The third kappa shape index (κ3) is 3.49. The van der Waals surface area contributed by atoms with Crippen molar-refractivity contribution in [3.05, 3.63) is 65.5 Å². The van der Waals surface area contributed by atoms with E-state index in [2.05, 4.69) is 25.9 Å². The molecule has 2 heterocycles. The zero-order valence-electron chi connectivity index (χ0n) is 25.4. The lowest BCUT2D eigenvalue weighted by atomic mass is 9.59. The maximum absolute atomic E-state index is 14.9. The van der Waals surface area contributed by atoms with Crippen molar-refractivity contribution in [1.29, 1.82) is 0 Å². The fourth-order valence-electron chi connectivity index (χ4n) is 8.97. The van der Waals surface area contributed by atoms with Gasteiger partial charge in [0.1, 0.15) is 6.10 Å². The Kier molecular flexibility index (Phi) is 5.77. The Morgan fingerprint density at radius 1 is 1.17 bits per heavy atom. The molecule has 0 radical (unpaired) electrons. The Balaban J connectivity index is 1.36. The van der Waals surface area contributed by atoms with Crippen LogP contribution in [0.1, 0.15) is 58.5 Å². The average molecular weight is 573 g/mol. The van der Waals surface area contributed by atoms with E-state index in [9.17, 15) is 14.7 Å². The summed E-state index contributed by atoms with van der Waals surface area (Å²) in [4.78, 5) is 29.0. The molecule has 2 bridgehead atoms. The Morgan fingerprint density at radius 2 is 1.88 bits per heavy atom. The number of fused-ring (bicyclic) bond motifs is 5. The van der Waals surface area contributed by atoms with Crippen molar-refractivity contribution in [3.63, 3.8) is 0 Å². The monoisotopic (exact) mass is 572 g/mol. The highest BCUT2D eigenvalue weighted by Gasteiger charge is 2.77. The molecule has 8 atom stereocenters. The molecular formula is C34H40N2O6. The number of nitrogens with zero attached hydrogens (tertiary/aromatic N) is 2. The van der Waals surface area contributed by atoms with E-state index in [1.807, 2.05) is 63.3 Å². The van der Waals surface area contributed by atoms with Crippen molar-refractivity contribution >= 4 is 11.8 Å². The third-order valence-corrected chi connectivity index (χ3v) is 11.1. The van der Waals surface area contributed by atoms with Gasteiger partial charge < -0.3 is 19.3 Å². The molecule has 42 heavy (non-hydrogen) atoms. The summed E-state index contributed by atoms with van der Waals surface area (Å²) in [5.74, 6) is -1.68. The van der Waals surface area contributed by atoms with E-state index in [0.29, 0.717) is 17.1 Å². The summed E-state index contributed by atoms with van der Waals surface area (Å²) in [7, 11) is 1.70. The number of rotatable bonds is 3. The Labute approximate surface area is 246 Å². The third-order valence-electron chi connectivity index (χ3n) is 11.1. The SMILES string of the molecule is CC1=CC23C(=O)[C@@H](C=C4COC(C)(C)O[C@H]4[C@]2(O)[C@H]1OC(=O)c1c(-c2ccccc2)cnn1C)[C@H]1[C@@H](CC3C)C1(C)C. The molecule has 1 N–H and O–H groups in total. The van der Waals surface area contributed by atoms with Gasteiger partial charge in [0.2, 0.25) is 0 Å². The van der Waals surface area contributed by atoms with E-state index in [1.54, 1.807) is 13.2 Å². The predicted molar refractivity (Wildman–Crippen MR) is 155 cm³/mol. The normalized spacial score (nSPS) is 39.1. The van der Waals surface area contributed by atoms with E-state index in [0.717, 1.165) is 17.6 Å². The van der Waals surface area contributed by atoms with Gasteiger partial charge in [-0.2, -0.15) is 5.10 Å². The molecule has 1 spiro atoms. The molecule has 8 nitrogen and oxygen atoms in total. The number of hydrogen-bond acceptors (Lipinski definition) is 7. The van der Waals surface area contributed by atoms with Gasteiger partial charge >= 0.3 is 5.97 Å². The summed E-state index contributed by atoms with van der Waals surface area (Å²) in [6.45, 7) is 12.2. The van der Waals surface area contributed by atoms with Crippen molar-refractivity contribution < 1.29 is 28.9 Å². The fraction of sp³-hybridized carbons (Fsp3) is 0.559. The second-order valence-electron chi connectivity index (χ2n) is 14.2. The van der Waals surface area contributed by atoms with Gasteiger partial charge in [-0.15, -0.1) is 0 Å². The Morgan fingerprint density at radius 3 is 2.60 bits per heavy atom. The lowest BCUT2D eigenvalue weighted by Crippen LogP contribution is -2.68. The Hall–Kier alpha value is -3.07. The van der Waals surface area contributed by atoms with Crippen molar-refractivity contribution in [3.8, 4) is 11.1 Å². The van der Waals surface area contributed by atoms with Crippen molar-refractivity contribution in [2.75, 3.05) is 6.61 Å². The average Bonchev–Trinajstić information content (AvgIpc) is 3.20. The number of carbonyl (C=O) groups is 2. The summed E-state index contributed by atoms with van der Waals surface area (Å²) in [5.41, 5.74) is 0.000898. The molecule has 0 amide bonds. The lowest BCUT2D eigenvalue weighted by Gasteiger charge is -2.52. The molecule has 1 aromatic heterocycles. The number of allylic oxidation sites excluding steroid dienone is 1. The molecule has 222 valence electrons. The summed E-state index contributed by atoms with van der Waals surface area (Å²) in [6, 6.07) is 9.54. The number of hydrogen-bond donors (Lipinski definition) is 1. The van der Waals surface area contributed by atoms with Gasteiger partial charge in [0.05, 0.1) is 18.2 Å². The summed E-state index contributed by atoms with van der Waals surface area (Å²) < 4.78 is 20.4.